The van der Waals surface area contributed by atoms with Crippen molar-refractivity contribution in [2.24, 2.45) is 5.92 Å². The molecule has 1 N–H and O–H groups in total. The first kappa shape index (κ1) is 13.6. The highest BCUT2D eigenvalue weighted by molar-refractivity contribution is 5.89. The Bertz CT molecular complexity index is 484. The quantitative estimate of drug-likeness (QED) is 0.848. The molecule has 0 aliphatic carbocycles. The zero-order valence-corrected chi connectivity index (χ0v) is 11.3. The van der Waals surface area contributed by atoms with E-state index in [1.54, 1.807) is 13.0 Å². The topological polar surface area (TPSA) is 55.4 Å². The highest BCUT2D eigenvalue weighted by Crippen LogP contribution is 2.31. The van der Waals surface area contributed by atoms with Crippen molar-refractivity contribution in [2.45, 2.75) is 26.2 Å². The van der Waals surface area contributed by atoms with Crippen LogP contribution in [0.15, 0.2) is 24.3 Å². The first-order chi connectivity index (χ1) is 9.13. The van der Waals surface area contributed by atoms with Crippen LogP contribution in [0.2, 0.25) is 0 Å². The summed E-state index contributed by atoms with van der Waals surface area (Å²) in [6.45, 7) is 4.77. The van der Waals surface area contributed by atoms with E-state index in [-0.39, 0.29) is 23.7 Å². The monoisotopic (exact) mass is 261 g/mol. The molecule has 0 radical (unpaired) electrons. The van der Waals surface area contributed by atoms with Gasteiger partial charge in [0.15, 0.2) is 0 Å². The number of carbonyl (C=O) groups is 2. The van der Waals surface area contributed by atoms with E-state index in [9.17, 15) is 9.59 Å². The van der Waals surface area contributed by atoms with Gasteiger partial charge in [-0.05, 0) is 37.0 Å². The van der Waals surface area contributed by atoms with Crippen molar-refractivity contribution in [1.29, 1.82) is 0 Å². The molecule has 1 aliphatic heterocycles. The third-order valence-corrected chi connectivity index (χ3v) is 3.60. The maximum absolute atomic E-state index is 11.7. The second-order valence-electron chi connectivity index (χ2n) is 4.82. The smallest absolute Gasteiger partial charge is 0.338 e. The van der Waals surface area contributed by atoms with E-state index in [1.807, 2.05) is 25.1 Å². The maximum atomic E-state index is 11.7. The average molecular weight is 261 g/mol. The normalized spacial score (nSPS) is 22.7. The van der Waals surface area contributed by atoms with Crippen LogP contribution in [0.5, 0.6) is 0 Å². The Morgan fingerprint density at radius 1 is 1.47 bits per heavy atom. The molecule has 1 aromatic carbocycles. The number of carbonyl (C=O) groups excluding carboxylic acids is 2. The number of amides is 1. The van der Waals surface area contributed by atoms with Crippen LogP contribution in [0.25, 0.3) is 0 Å². The maximum Gasteiger partial charge on any atom is 0.338 e. The summed E-state index contributed by atoms with van der Waals surface area (Å²) in [7, 11) is 0. The fraction of sp³-hybridized carbons (Fsp3) is 0.467. The minimum Gasteiger partial charge on any atom is -0.462 e. The predicted molar refractivity (Wildman–Crippen MR) is 71.9 cm³/mol. The van der Waals surface area contributed by atoms with Gasteiger partial charge in [0.1, 0.15) is 0 Å². The molecular formula is C15H19NO3. The average Bonchev–Trinajstić information content (AvgIpc) is 2.42. The van der Waals surface area contributed by atoms with Gasteiger partial charge in [-0.15, -0.1) is 0 Å². The van der Waals surface area contributed by atoms with E-state index < -0.39 is 0 Å². The van der Waals surface area contributed by atoms with Crippen molar-refractivity contribution in [3.05, 3.63) is 35.4 Å². The van der Waals surface area contributed by atoms with Crippen LogP contribution in [0, 0.1) is 5.92 Å². The van der Waals surface area contributed by atoms with Crippen LogP contribution >= 0.6 is 0 Å². The molecule has 2 rings (SSSR count). The molecule has 4 heteroatoms. The Kier molecular flexibility index (Phi) is 4.20. The van der Waals surface area contributed by atoms with Crippen LogP contribution in [-0.4, -0.2) is 25.0 Å². The summed E-state index contributed by atoms with van der Waals surface area (Å²) >= 11 is 0. The number of benzene rings is 1. The number of esters is 1. The van der Waals surface area contributed by atoms with Gasteiger partial charge in [0.25, 0.3) is 0 Å². The Hall–Kier alpha value is -1.84. The second kappa shape index (κ2) is 5.87. The zero-order chi connectivity index (χ0) is 13.8. The number of hydrogen-bond acceptors (Lipinski definition) is 3. The second-order valence-corrected chi connectivity index (χ2v) is 4.82. The van der Waals surface area contributed by atoms with Gasteiger partial charge in [-0.1, -0.05) is 19.1 Å². The molecule has 19 heavy (non-hydrogen) atoms. The molecule has 2 atom stereocenters. The Morgan fingerprint density at radius 2 is 2.26 bits per heavy atom. The third-order valence-electron chi connectivity index (χ3n) is 3.60. The summed E-state index contributed by atoms with van der Waals surface area (Å²) in [4.78, 5) is 23.4. The highest BCUT2D eigenvalue weighted by atomic mass is 16.5. The Labute approximate surface area is 113 Å². The van der Waals surface area contributed by atoms with E-state index in [0.717, 1.165) is 12.0 Å². The van der Waals surface area contributed by atoms with E-state index in [1.165, 1.54) is 0 Å². The first-order valence-electron chi connectivity index (χ1n) is 6.68. The molecule has 102 valence electrons. The van der Waals surface area contributed by atoms with Gasteiger partial charge in [-0.25, -0.2) is 4.79 Å². The third kappa shape index (κ3) is 2.95. The summed E-state index contributed by atoms with van der Waals surface area (Å²) in [6, 6.07) is 7.41. The van der Waals surface area contributed by atoms with Crippen molar-refractivity contribution in [2.75, 3.05) is 13.2 Å². The van der Waals surface area contributed by atoms with Gasteiger partial charge in [-0.2, -0.15) is 0 Å². The summed E-state index contributed by atoms with van der Waals surface area (Å²) in [5.74, 6) is -0.121. The van der Waals surface area contributed by atoms with E-state index in [2.05, 4.69) is 5.32 Å². The van der Waals surface area contributed by atoms with Gasteiger partial charge in [-0.3, -0.25) is 4.79 Å². The van der Waals surface area contributed by atoms with Crippen LogP contribution in [0.4, 0.5) is 0 Å². The molecule has 1 amide bonds. The molecular weight excluding hydrogens is 242 g/mol. The molecule has 1 aliphatic rings. The molecule has 1 heterocycles. The lowest BCUT2D eigenvalue weighted by molar-refractivity contribution is -0.126. The number of rotatable bonds is 3. The first-order valence-corrected chi connectivity index (χ1v) is 6.68. The van der Waals surface area contributed by atoms with Crippen LogP contribution in [0.1, 0.15) is 42.1 Å². The van der Waals surface area contributed by atoms with Crippen LogP contribution in [0.3, 0.4) is 0 Å². The molecule has 1 fully saturated rings. The molecule has 1 aromatic rings. The molecule has 0 spiro atoms. The fourth-order valence-electron chi connectivity index (χ4n) is 2.51. The lowest BCUT2D eigenvalue weighted by Gasteiger charge is -2.29. The van der Waals surface area contributed by atoms with Gasteiger partial charge in [0, 0.05) is 12.5 Å². The van der Waals surface area contributed by atoms with Crippen LogP contribution in [-0.2, 0) is 9.53 Å². The molecule has 1 saturated heterocycles. The fourth-order valence-corrected chi connectivity index (χ4v) is 2.51. The zero-order valence-electron chi connectivity index (χ0n) is 11.3. The minimum absolute atomic E-state index is 0.0637. The SMILES string of the molecule is CCOC(=O)c1cccc([C@H]2CCNC(=O)[C@@H]2C)c1. The van der Waals surface area contributed by atoms with E-state index in [4.69, 9.17) is 4.74 Å². The highest BCUT2D eigenvalue weighted by Gasteiger charge is 2.29. The summed E-state index contributed by atoms with van der Waals surface area (Å²) in [5, 5.41) is 2.86. The van der Waals surface area contributed by atoms with Crippen molar-refractivity contribution < 1.29 is 14.3 Å². The number of ether oxygens (including phenoxy) is 1. The van der Waals surface area contributed by atoms with Crippen molar-refractivity contribution in [3.8, 4) is 0 Å². The Morgan fingerprint density at radius 3 is 3.00 bits per heavy atom. The van der Waals surface area contributed by atoms with Gasteiger partial charge >= 0.3 is 5.97 Å². The summed E-state index contributed by atoms with van der Waals surface area (Å²) in [5.41, 5.74) is 1.59. The number of nitrogens with one attached hydrogen (secondary N) is 1. The van der Waals surface area contributed by atoms with Crippen molar-refractivity contribution in [1.82, 2.24) is 5.32 Å². The van der Waals surface area contributed by atoms with Crippen molar-refractivity contribution >= 4 is 11.9 Å². The lowest BCUT2D eigenvalue weighted by Crippen LogP contribution is -2.39. The summed E-state index contributed by atoms with van der Waals surface area (Å²) < 4.78 is 5.00. The number of hydrogen-bond donors (Lipinski definition) is 1. The van der Waals surface area contributed by atoms with E-state index in [0.29, 0.717) is 18.7 Å². The standard InChI is InChI=1S/C15H19NO3/c1-3-19-15(18)12-6-4-5-11(9-12)13-7-8-16-14(17)10(13)2/h4-6,9-10,13H,3,7-8H2,1-2H3,(H,16,17)/t10-,13+/m1/s1. The van der Waals surface area contributed by atoms with Crippen LogP contribution < -0.4 is 5.32 Å². The molecule has 0 unspecified atom stereocenters. The molecule has 4 nitrogen and oxygen atoms in total. The molecule has 0 aromatic heterocycles. The Balaban J connectivity index is 2.23. The lowest BCUT2D eigenvalue weighted by atomic mass is 9.81. The van der Waals surface area contributed by atoms with Gasteiger partial charge in [0.05, 0.1) is 12.2 Å². The van der Waals surface area contributed by atoms with E-state index >= 15 is 0 Å². The van der Waals surface area contributed by atoms with Crippen molar-refractivity contribution in [3.63, 3.8) is 0 Å². The van der Waals surface area contributed by atoms with Gasteiger partial charge in [0.2, 0.25) is 5.91 Å². The molecule has 0 saturated carbocycles. The van der Waals surface area contributed by atoms with Gasteiger partial charge < -0.3 is 10.1 Å². The predicted octanol–water partition coefficient (Wildman–Crippen LogP) is 2.10. The number of piperidine rings is 1. The molecule has 0 bridgehead atoms. The summed E-state index contributed by atoms with van der Waals surface area (Å²) in [6.07, 6.45) is 0.902. The minimum atomic E-state index is -0.308. The largest absolute Gasteiger partial charge is 0.462 e.